The van der Waals surface area contributed by atoms with Crippen LogP contribution >= 0.6 is 0 Å². The number of ether oxygens (including phenoxy) is 1. The highest BCUT2D eigenvalue weighted by atomic mass is 16.5. The molecule has 0 amide bonds. The number of aryl methyl sites for hydroxylation is 1. The van der Waals surface area contributed by atoms with Crippen LogP contribution in [0.15, 0.2) is 12.1 Å². The third-order valence-corrected chi connectivity index (χ3v) is 1.89. The van der Waals surface area contributed by atoms with E-state index in [1.165, 1.54) is 13.2 Å². The number of hydrogen-bond donors (Lipinski definition) is 1. The Balaban J connectivity index is 3.54. The van der Waals surface area contributed by atoms with E-state index in [9.17, 15) is 4.79 Å². The van der Waals surface area contributed by atoms with Crippen molar-refractivity contribution >= 4 is 5.97 Å². The number of methoxy groups -OCH3 is 1. The Kier molecular flexibility index (Phi) is 2.73. The summed E-state index contributed by atoms with van der Waals surface area (Å²) < 4.78 is 4.95. The number of carbonyl (C=O) groups is 1. The van der Waals surface area contributed by atoms with Crippen molar-refractivity contribution in [3.63, 3.8) is 0 Å². The zero-order valence-electron chi connectivity index (χ0n) is 7.87. The fraction of sp³-hybridized carbons (Fsp3) is 0.200. The monoisotopic (exact) mass is 191 g/mol. The molecule has 0 saturated carbocycles. The predicted molar refractivity (Wildman–Crippen MR) is 49.4 cm³/mol. The van der Waals surface area contributed by atoms with Gasteiger partial charge in [0.15, 0.2) is 0 Å². The lowest BCUT2D eigenvalue weighted by molar-refractivity contribution is 0.0693. The number of nitriles is 1. The average molecular weight is 191 g/mol. The maximum Gasteiger partial charge on any atom is 0.340 e. The van der Waals surface area contributed by atoms with E-state index < -0.39 is 5.97 Å². The Morgan fingerprint density at radius 3 is 2.64 bits per heavy atom. The smallest absolute Gasteiger partial charge is 0.340 e. The van der Waals surface area contributed by atoms with E-state index in [1.807, 2.05) is 6.07 Å². The van der Waals surface area contributed by atoms with Gasteiger partial charge in [0.2, 0.25) is 0 Å². The number of carboxylic acid groups (broad SMARTS) is 1. The zero-order valence-corrected chi connectivity index (χ0v) is 7.87. The highest BCUT2D eigenvalue weighted by Crippen LogP contribution is 2.26. The van der Waals surface area contributed by atoms with Crippen molar-refractivity contribution < 1.29 is 14.6 Å². The van der Waals surface area contributed by atoms with Crippen LogP contribution in [0.1, 0.15) is 21.5 Å². The van der Waals surface area contributed by atoms with Crippen molar-refractivity contribution in [2.24, 2.45) is 0 Å². The molecule has 0 radical (unpaired) electrons. The Labute approximate surface area is 81.4 Å². The summed E-state index contributed by atoms with van der Waals surface area (Å²) in [5, 5.41) is 17.6. The minimum atomic E-state index is -1.15. The van der Waals surface area contributed by atoms with Crippen LogP contribution in [0.5, 0.6) is 5.75 Å². The minimum Gasteiger partial charge on any atom is -0.496 e. The molecule has 0 atom stereocenters. The Morgan fingerprint density at radius 2 is 2.21 bits per heavy atom. The number of hydrogen-bond acceptors (Lipinski definition) is 3. The molecule has 0 aliphatic carbocycles. The molecule has 0 saturated heterocycles. The van der Waals surface area contributed by atoms with Crippen LogP contribution in [0, 0.1) is 18.3 Å². The molecule has 72 valence electrons. The molecule has 0 fully saturated rings. The number of nitrogens with zero attached hydrogens (tertiary/aromatic N) is 1. The maximum atomic E-state index is 10.9. The van der Waals surface area contributed by atoms with Crippen LogP contribution in [-0.4, -0.2) is 18.2 Å². The molecule has 0 aliphatic heterocycles. The van der Waals surface area contributed by atoms with Gasteiger partial charge in [-0.3, -0.25) is 0 Å². The largest absolute Gasteiger partial charge is 0.496 e. The second-order valence-electron chi connectivity index (χ2n) is 2.76. The van der Waals surface area contributed by atoms with Crippen LogP contribution in [0.3, 0.4) is 0 Å². The van der Waals surface area contributed by atoms with Crippen LogP contribution in [0.25, 0.3) is 0 Å². The first-order valence-electron chi connectivity index (χ1n) is 3.92. The summed E-state index contributed by atoms with van der Waals surface area (Å²) in [4.78, 5) is 10.9. The molecule has 4 nitrogen and oxygen atoms in total. The lowest BCUT2D eigenvalue weighted by Crippen LogP contribution is -2.05. The zero-order chi connectivity index (χ0) is 10.7. The van der Waals surface area contributed by atoms with Gasteiger partial charge in [-0.1, -0.05) is 6.07 Å². The molecular weight excluding hydrogens is 182 g/mol. The number of benzene rings is 1. The van der Waals surface area contributed by atoms with Crippen molar-refractivity contribution in [2.75, 3.05) is 7.11 Å². The number of aromatic carboxylic acids is 1. The van der Waals surface area contributed by atoms with Crippen LogP contribution in [0.4, 0.5) is 0 Å². The average Bonchev–Trinajstić information content (AvgIpc) is 2.17. The van der Waals surface area contributed by atoms with Crippen molar-refractivity contribution in [1.82, 2.24) is 0 Å². The topological polar surface area (TPSA) is 70.3 Å². The molecule has 0 heterocycles. The van der Waals surface area contributed by atoms with Crippen molar-refractivity contribution in [3.05, 3.63) is 28.8 Å². The summed E-state index contributed by atoms with van der Waals surface area (Å²) in [6, 6.07) is 4.95. The normalized spacial score (nSPS) is 9.21. The van der Waals surface area contributed by atoms with Gasteiger partial charge in [0.25, 0.3) is 0 Å². The van der Waals surface area contributed by atoms with Crippen molar-refractivity contribution in [3.8, 4) is 11.8 Å². The van der Waals surface area contributed by atoms with Gasteiger partial charge in [0, 0.05) is 0 Å². The lowest BCUT2D eigenvalue weighted by Gasteiger charge is -2.08. The van der Waals surface area contributed by atoms with Crippen molar-refractivity contribution in [1.29, 1.82) is 5.26 Å². The third kappa shape index (κ3) is 1.52. The molecule has 0 unspecified atom stereocenters. The molecule has 1 aromatic rings. The highest BCUT2D eigenvalue weighted by Gasteiger charge is 2.17. The molecule has 0 spiro atoms. The van der Waals surface area contributed by atoms with Crippen LogP contribution < -0.4 is 4.74 Å². The molecule has 0 bridgehead atoms. The van der Waals surface area contributed by atoms with Gasteiger partial charge >= 0.3 is 5.97 Å². The van der Waals surface area contributed by atoms with Gasteiger partial charge in [-0.25, -0.2) is 4.79 Å². The number of rotatable bonds is 2. The van der Waals surface area contributed by atoms with Crippen LogP contribution in [-0.2, 0) is 0 Å². The van der Waals surface area contributed by atoms with E-state index in [0.717, 1.165) is 0 Å². The van der Waals surface area contributed by atoms with Gasteiger partial charge in [0.1, 0.15) is 17.4 Å². The summed E-state index contributed by atoms with van der Waals surface area (Å²) in [6.07, 6.45) is 0. The quantitative estimate of drug-likeness (QED) is 0.770. The van der Waals surface area contributed by atoms with Gasteiger partial charge in [-0.2, -0.15) is 5.26 Å². The van der Waals surface area contributed by atoms with E-state index in [1.54, 1.807) is 13.0 Å². The third-order valence-electron chi connectivity index (χ3n) is 1.89. The van der Waals surface area contributed by atoms with E-state index in [0.29, 0.717) is 5.56 Å². The Hall–Kier alpha value is -2.02. The fourth-order valence-electron chi connectivity index (χ4n) is 1.26. The SMILES string of the molecule is COc1c(C)ccc(C#N)c1C(=O)O. The lowest BCUT2D eigenvalue weighted by atomic mass is 10.0. The molecule has 1 rings (SSSR count). The summed E-state index contributed by atoms with van der Waals surface area (Å²) >= 11 is 0. The standard InChI is InChI=1S/C10H9NO3/c1-6-3-4-7(5-11)8(10(12)13)9(6)14-2/h3-4H,1-2H3,(H,12,13). The first-order valence-corrected chi connectivity index (χ1v) is 3.92. The van der Waals surface area contributed by atoms with E-state index in [4.69, 9.17) is 15.1 Å². The second-order valence-corrected chi connectivity index (χ2v) is 2.76. The van der Waals surface area contributed by atoms with E-state index >= 15 is 0 Å². The summed E-state index contributed by atoms with van der Waals surface area (Å²) in [7, 11) is 1.38. The molecule has 1 aromatic carbocycles. The first kappa shape index (κ1) is 10.1. The van der Waals surface area contributed by atoms with Gasteiger partial charge in [-0.05, 0) is 18.6 Å². The number of carboxylic acids is 1. The highest BCUT2D eigenvalue weighted by molar-refractivity contribution is 5.94. The molecule has 4 heteroatoms. The molecular formula is C10H9NO3. The van der Waals surface area contributed by atoms with E-state index in [-0.39, 0.29) is 16.9 Å². The molecule has 0 aliphatic rings. The first-order chi connectivity index (χ1) is 6.61. The second kappa shape index (κ2) is 3.79. The molecule has 1 N–H and O–H groups in total. The Morgan fingerprint density at radius 1 is 1.57 bits per heavy atom. The van der Waals surface area contributed by atoms with Crippen molar-refractivity contribution in [2.45, 2.75) is 6.92 Å². The van der Waals surface area contributed by atoms with Gasteiger partial charge < -0.3 is 9.84 Å². The fourth-order valence-corrected chi connectivity index (χ4v) is 1.26. The van der Waals surface area contributed by atoms with Gasteiger partial charge in [-0.15, -0.1) is 0 Å². The van der Waals surface area contributed by atoms with Crippen LogP contribution in [0.2, 0.25) is 0 Å². The Bertz CT molecular complexity index is 418. The van der Waals surface area contributed by atoms with E-state index in [2.05, 4.69) is 0 Å². The summed E-state index contributed by atoms with van der Waals surface area (Å²) in [5.74, 6) is -0.904. The molecule has 0 aromatic heterocycles. The predicted octanol–water partition coefficient (Wildman–Crippen LogP) is 1.57. The minimum absolute atomic E-state index is 0.0741. The summed E-state index contributed by atoms with van der Waals surface area (Å²) in [5.41, 5.74) is 0.735. The summed E-state index contributed by atoms with van der Waals surface area (Å²) in [6.45, 7) is 1.73. The maximum absolute atomic E-state index is 10.9. The van der Waals surface area contributed by atoms with Gasteiger partial charge in [0.05, 0.1) is 12.7 Å². The molecule has 14 heavy (non-hydrogen) atoms.